The van der Waals surface area contributed by atoms with Crippen LogP contribution < -0.4 is 0 Å². The summed E-state index contributed by atoms with van der Waals surface area (Å²) in [6.07, 6.45) is 0. The lowest BCUT2D eigenvalue weighted by atomic mass is 9.95. The molecule has 0 heteroatoms. The summed E-state index contributed by atoms with van der Waals surface area (Å²) >= 11 is 0. The lowest BCUT2D eigenvalue weighted by Crippen LogP contribution is -1.82. The topological polar surface area (TPSA) is 0 Å². The van der Waals surface area contributed by atoms with Crippen molar-refractivity contribution < 1.29 is 0 Å². The van der Waals surface area contributed by atoms with Gasteiger partial charge in [-0.3, -0.25) is 0 Å². The largest absolute Gasteiger partial charge is 0.0683 e. The van der Waals surface area contributed by atoms with Crippen molar-refractivity contribution in [1.29, 1.82) is 0 Å². The zero-order chi connectivity index (χ0) is 16.5. The fourth-order valence-corrected chi connectivity index (χ4v) is 2.67. The van der Waals surface area contributed by atoms with E-state index in [0.29, 0.717) is 0 Å². The quantitative estimate of drug-likeness (QED) is 0.292. The van der Waals surface area contributed by atoms with E-state index in [0.717, 1.165) is 0 Å². The van der Waals surface area contributed by atoms with E-state index in [-0.39, 0.29) is 0 Å². The molecule has 0 aromatic heterocycles. The summed E-state index contributed by atoms with van der Waals surface area (Å²) in [5.74, 6) is 0. The summed E-state index contributed by atoms with van der Waals surface area (Å²) in [4.78, 5) is 0. The van der Waals surface area contributed by atoms with E-state index >= 15 is 0 Å². The molecule has 0 aliphatic heterocycles. The van der Waals surface area contributed by atoms with E-state index in [9.17, 15) is 0 Å². The second-order valence-electron chi connectivity index (χ2n) is 4.29. The Bertz CT molecular complexity index is 667. The highest BCUT2D eigenvalue weighted by molar-refractivity contribution is 6.22. The molecule has 0 aliphatic carbocycles. The first-order chi connectivity index (χ1) is 10.9. The van der Waals surface area contributed by atoms with Crippen molar-refractivity contribution in [3.8, 4) is 0 Å². The van der Waals surface area contributed by atoms with Gasteiger partial charge in [0.05, 0.1) is 0 Å². The minimum atomic E-state index is 1.34. The summed E-state index contributed by atoms with van der Waals surface area (Å²) in [5, 5.41) is 8.14. The van der Waals surface area contributed by atoms with Crippen LogP contribution in [0.1, 0.15) is 41.5 Å². The van der Waals surface area contributed by atoms with Crippen LogP contribution in [0.5, 0.6) is 0 Å². The SMILES string of the molecule is CC.CC.CC.c1cc2ccc3cccc4ccc(c1)c2c34. The molecule has 4 aromatic carbocycles. The highest BCUT2D eigenvalue weighted by Gasteiger charge is 2.05. The van der Waals surface area contributed by atoms with Crippen molar-refractivity contribution in [2.45, 2.75) is 41.5 Å². The normalized spacial score (nSPS) is 9.36. The molecule has 0 bridgehead atoms. The molecule has 0 heterocycles. The predicted octanol–water partition coefficient (Wildman–Crippen LogP) is 7.66. The first kappa shape index (κ1) is 18.0. The van der Waals surface area contributed by atoms with Crippen LogP contribution in [0.2, 0.25) is 0 Å². The van der Waals surface area contributed by atoms with Crippen LogP contribution in [0.25, 0.3) is 32.3 Å². The minimum absolute atomic E-state index is 1.34. The van der Waals surface area contributed by atoms with Crippen molar-refractivity contribution in [3.63, 3.8) is 0 Å². The van der Waals surface area contributed by atoms with Gasteiger partial charge in [-0.05, 0) is 32.3 Å². The Morgan fingerprint density at radius 1 is 0.364 bits per heavy atom. The summed E-state index contributed by atoms with van der Waals surface area (Å²) in [5.41, 5.74) is 0. The monoisotopic (exact) mass is 292 g/mol. The van der Waals surface area contributed by atoms with Crippen molar-refractivity contribution in [2.24, 2.45) is 0 Å². The first-order valence-corrected chi connectivity index (χ1v) is 8.56. The third-order valence-electron chi connectivity index (χ3n) is 3.39. The van der Waals surface area contributed by atoms with Crippen molar-refractivity contribution in [1.82, 2.24) is 0 Å². The van der Waals surface area contributed by atoms with Gasteiger partial charge in [-0.2, -0.15) is 0 Å². The molecule has 116 valence electrons. The Hall–Kier alpha value is -2.08. The maximum atomic E-state index is 2.21. The molecule has 0 amide bonds. The maximum Gasteiger partial charge on any atom is -0.00268 e. The van der Waals surface area contributed by atoms with Gasteiger partial charge in [0.15, 0.2) is 0 Å². The average Bonchev–Trinajstić information content (AvgIpc) is 2.65. The van der Waals surface area contributed by atoms with E-state index in [1.165, 1.54) is 32.3 Å². The second-order valence-corrected chi connectivity index (χ2v) is 4.29. The summed E-state index contributed by atoms with van der Waals surface area (Å²) < 4.78 is 0. The van der Waals surface area contributed by atoms with Gasteiger partial charge in [-0.25, -0.2) is 0 Å². The fraction of sp³-hybridized carbons (Fsp3) is 0.273. The molecule has 4 rings (SSSR count). The van der Waals surface area contributed by atoms with Gasteiger partial charge < -0.3 is 0 Å². The van der Waals surface area contributed by atoms with Crippen LogP contribution in [-0.4, -0.2) is 0 Å². The standard InChI is InChI=1S/C16H10.3C2H6/c1-3-11-7-9-13-5-2-6-14-10-8-12(4-1)15(11)16(13)14;3*1-2/h1-10H;3*1-2H3. The van der Waals surface area contributed by atoms with Gasteiger partial charge in [0.2, 0.25) is 0 Å². The zero-order valence-corrected chi connectivity index (χ0v) is 14.8. The Morgan fingerprint density at radius 3 is 0.818 bits per heavy atom. The van der Waals surface area contributed by atoms with Gasteiger partial charge in [0.1, 0.15) is 0 Å². The van der Waals surface area contributed by atoms with Crippen LogP contribution in [-0.2, 0) is 0 Å². The van der Waals surface area contributed by atoms with E-state index in [1.807, 2.05) is 41.5 Å². The number of hydrogen-bond acceptors (Lipinski definition) is 0. The Kier molecular flexibility index (Phi) is 7.39. The van der Waals surface area contributed by atoms with Crippen LogP contribution >= 0.6 is 0 Å². The van der Waals surface area contributed by atoms with Crippen molar-refractivity contribution >= 4 is 32.3 Å². The van der Waals surface area contributed by atoms with E-state index in [2.05, 4.69) is 60.7 Å². The molecule has 0 spiro atoms. The smallest absolute Gasteiger partial charge is 0.00268 e. The second kappa shape index (κ2) is 9.04. The molecule has 0 fully saturated rings. The molecule has 4 aromatic rings. The lowest BCUT2D eigenvalue weighted by molar-refractivity contribution is 1.50. The minimum Gasteiger partial charge on any atom is -0.0683 e. The lowest BCUT2D eigenvalue weighted by Gasteiger charge is -2.09. The molecule has 0 aliphatic rings. The summed E-state index contributed by atoms with van der Waals surface area (Å²) in [6.45, 7) is 12.0. The first-order valence-electron chi connectivity index (χ1n) is 8.56. The van der Waals surface area contributed by atoms with Crippen molar-refractivity contribution in [3.05, 3.63) is 60.7 Å². The highest BCUT2D eigenvalue weighted by Crippen LogP contribution is 2.33. The number of benzene rings is 4. The summed E-state index contributed by atoms with van der Waals surface area (Å²) in [7, 11) is 0. The molecule has 0 unspecified atom stereocenters. The molecule has 0 nitrogen and oxygen atoms in total. The van der Waals surface area contributed by atoms with E-state index < -0.39 is 0 Å². The zero-order valence-electron chi connectivity index (χ0n) is 14.8. The predicted molar refractivity (Wildman–Crippen MR) is 104 cm³/mol. The van der Waals surface area contributed by atoms with Gasteiger partial charge >= 0.3 is 0 Å². The van der Waals surface area contributed by atoms with Crippen LogP contribution in [0.4, 0.5) is 0 Å². The molecular weight excluding hydrogens is 264 g/mol. The summed E-state index contributed by atoms with van der Waals surface area (Å²) in [6, 6.07) is 21.9. The molecule has 0 atom stereocenters. The molecule has 0 N–H and O–H groups in total. The average molecular weight is 292 g/mol. The number of rotatable bonds is 0. The molecule has 0 radical (unpaired) electrons. The fourth-order valence-electron chi connectivity index (χ4n) is 2.67. The third kappa shape index (κ3) is 3.22. The molecule has 0 saturated heterocycles. The van der Waals surface area contributed by atoms with Gasteiger partial charge in [-0.1, -0.05) is 102 Å². The van der Waals surface area contributed by atoms with Gasteiger partial charge in [0, 0.05) is 0 Å². The Balaban J connectivity index is 0.000000365. The molecular formula is C22H28. The Morgan fingerprint density at radius 2 is 0.591 bits per heavy atom. The molecule has 22 heavy (non-hydrogen) atoms. The van der Waals surface area contributed by atoms with Crippen LogP contribution in [0, 0.1) is 0 Å². The van der Waals surface area contributed by atoms with E-state index in [4.69, 9.17) is 0 Å². The van der Waals surface area contributed by atoms with Gasteiger partial charge in [-0.15, -0.1) is 0 Å². The van der Waals surface area contributed by atoms with Gasteiger partial charge in [0.25, 0.3) is 0 Å². The highest BCUT2D eigenvalue weighted by atomic mass is 14.1. The van der Waals surface area contributed by atoms with Crippen LogP contribution in [0.15, 0.2) is 60.7 Å². The third-order valence-corrected chi connectivity index (χ3v) is 3.39. The molecule has 0 saturated carbocycles. The van der Waals surface area contributed by atoms with E-state index in [1.54, 1.807) is 0 Å². The maximum absolute atomic E-state index is 2.21. The van der Waals surface area contributed by atoms with Crippen LogP contribution in [0.3, 0.4) is 0 Å². The number of hydrogen-bond donors (Lipinski definition) is 0. The Labute approximate surface area is 135 Å². The van der Waals surface area contributed by atoms with Crippen molar-refractivity contribution in [2.75, 3.05) is 0 Å².